The van der Waals surface area contributed by atoms with E-state index in [4.69, 9.17) is 5.11 Å². The first kappa shape index (κ1) is 13.6. The van der Waals surface area contributed by atoms with Gasteiger partial charge in [0.15, 0.2) is 0 Å². The van der Waals surface area contributed by atoms with Gasteiger partial charge in [0.1, 0.15) is 0 Å². The molecule has 3 nitrogen and oxygen atoms in total. The van der Waals surface area contributed by atoms with Crippen molar-refractivity contribution in [2.45, 2.75) is 38.6 Å². The van der Waals surface area contributed by atoms with E-state index in [0.29, 0.717) is 12.0 Å². The first-order valence-corrected chi connectivity index (χ1v) is 7.71. The Balaban J connectivity index is 1.71. The lowest BCUT2D eigenvalue weighted by Gasteiger charge is -2.46. The number of carboxylic acid groups (broad SMARTS) is 1. The summed E-state index contributed by atoms with van der Waals surface area (Å²) in [5.74, 6) is -0.550. The summed E-state index contributed by atoms with van der Waals surface area (Å²) < 4.78 is 0. The Bertz CT molecular complexity index is 494. The van der Waals surface area contributed by atoms with Crippen molar-refractivity contribution in [2.24, 2.45) is 11.8 Å². The van der Waals surface area contributed by atoms with E-state index < -0.39 is 5.97 Å². The van der Waals surface area contributed by atoms with Crippen LogP contribution in [0.15, 0.2) is 24.3 Å². The number of nitrogens with zero attached hydrogens (tertiary/aromatic N) is 1. The number of benzene rings is 1. The van der Waals surface area contributed by atoms with Crippen molar-refractivity contribution in [3.8, 4) is 0 Å². The van der Waals surface area contributed by atoms with Crippen LogP contribution in [0.2, 0.25) is 0 Å². The average Bonchev–Trinajstić information content (AvgIpc) is 2.60. The molecule has 0 radical (unpaired) electrons. The molecule has 1 aliphatic carbocycles. The number of fused-ring (bicyclic) bond motifs is 1. The van der Waals surface area contributed by atoms with Gasteiger partial charge < -0.3 is 5.11 Å². The molecule has 1 aliphatic heterocycles. The number of aryl methyl sites for hydroxylation is 1. The lowest BCUT2D eigenvalue weighted by molar-refractivity contribution is -0.146. The maximum atomic E-state index is 11.1. The number of carbonyl (C=O) groups is 1. The van der Waals surface area contributed by atoms with Crippen molar-refractivity contribution in [1.82, 2.24) is 4.90 Å². The van der Waals surface area contributed by atoms with E-state index in [-0.39, 0.29) is 5.92 Å². The maximum absolute atomic E-state index is 11.1. The molecule has 0 saturated carbocycles. The standard InChI is InChI=1S/C17H23NO2/c1-12(17(19)20)14-10-18(11-14)16-9-5-3-7-13-6-2-4-8-15(13)16/h2,4,6,8,12,14,16H,3,5,7,9-11H2,1H3,(H,19,20). The predicted molar refractivity (Wildman–Crippen MR) is 78.6 cm³/mol. The third-order valence-corrected chi connectivity index (χ3v) is 5.06. The van der Waals surface area contributed by atoms with E-state index in [9.17, 15) is 4.79 Å². The number of likely N-dealkylation sites (tertiary alicyclic amines) is 1. The highest BCUT2D eigenvalue weighted by molar-refractivity contribution is 5.70. The molecule has 0 aromatic heterocycles. The van der Waals surface area contributed by atoms with Gasteiger partial charge in [0.05, 0.1) is 5.92 Å². The van der Waals surface area contributed by atoms with Gasteiger partial charge in [0.2, 0.25) is 0 Å². The Hall–Kier alpha value is -1.35. The van der Waals surface area contributed by atoms with Crippen LogP contribution >= 0.6 is 0 Å². The molecule has 0 spiro atoms. The zero-order valence-corrected chi connectivity index (χ0v) is 12.1. The molecule has 3 rings (SSSR count). The molecule has 1 aromatic carbocycles. The molecular formula is C17H23NO2. The molecule has 1 N–H and O–H groups in total. The van der Waals surface area contributed by atoms with Gasteiger partial charge in [0, 0.05) is 19.1 Å². The number of hydrogen-bond acceptors (Lipinski definition) is 2. The fourth-order valence-electron chi connectivity index (χ4n) is 3.60. The van der Waals surface area contributed by atoms with E-state index in [1.54, 1.807) is 0 Å². The summed E-state index contributed by atoms with van der Waals surface area (Å²) in [6.45, 7) is 3.71. The minimum Gasteiger partial charge on any atom is -0.481 e. The number of rotatable bonds is 3. The molecule has 1 heterocycles. The normalized spacial score (nSPS) is 25.4. The summed E-state index contributed by atoms with van der Waals surface area (Å²) in [5, 5.41) is 9.10. The van der Waals surface area contributed by atoms with Crippen LogP contribution in [-0.4, -0.2) is 29.1 Å². The van der Waals surface area contributed by atoms with Crippen LogP contribution in [0, 0.1) is 11.8 Å². The Morgan fingerprint density at radius 1 is 1.30 bits per heavy atom. The second kappa shape index (κ2) is 5.57. The summed E-state index contributed by atoms with van der Waals surface area (Å²) in [5.41, 5.74) is 2.97. The zero-order valence-electron chi connectivity index (χ0n) is 12.1. The summed E-state index contributed by atoms with van der Waals surface area (Å²) >= 11 is 0. The molecule has 2 aliphatic rings. The minimum atomic E-state index is -0.657. The van der Waals surface area contributed by atoms with Crippen molar-refractivity contribution in [2.75, 3.05) is 13.1 Å². The molecule has 1 aromatic rings. The summed E-state index contributed by atoms with van der Waals surface area (Å²) in [6, 6.07) is 9.29. The van der Waals surface area contributed by atoms with Crippen molar-refractivity contribution in [3.63, 3.8) is 0 Å². The smallest absolute Gasteiger partial charge is 0.306 e. The monoisotopic (exact) mass is 273 g/mol. The van der Waals surface area contributed by atoms with Crippen LogP contribution in [0.25, 0.3) is 0 Å². The second-order valence-electron chi connectivity index (χ2n) is 6.30. The van der Waals surface area contributed by atoms with Crippen LogP contribution in [-0.2, 0) is 11.2 Å². The molecule has 108 valence electrons. The number of aliphatic carboxylic acids is 1. The van der Waals surface area contributed by atoms with Gasteiger partial charge in [-0.1, -0.05) is 37.6 Å². The third-order valence-electron chi connectivity index (χ3n) is 5.06. The minimum absolute atomic E-state index is 0.215. The van der Waals surface area contributed by atoms with E-state index >= 15 is 0 Å². The van der Waals surface area contributed by atoms with Gasteiger partial charge in [0.25, 0.3) is 0 Å². The third kappa shape index (κ3) is 2.47. The summed E-state index contributed by atoms with van der Waals surface area (Å²) in [6.07, 6.45) is 4.95. The Morgan fingerprint density at radius 3 is 2.80 bits per heavy atom. The predicted octanol–water partition coefficient (Wildman–Crippen LogP) is 3.11. The van der Waals surface area contributed by atoms with Crippen LogP contribution in [0.3, 0.4) is 0 Å². The summed E-state index contributed by atoms with van der Waals surface area (Å²) in [7, 11) is 0. The van der Waals surface area contributed by atoms with Gasteiger partial charge in [-0.3, -0.25) is 9.69 Å². The topological polar surface area (TPSA) is 40.5 Å². The van der Waals surface area contributed by atoms with Gasteiger partial charge in [-0.15, -0.1) is 0 Å². The Kier molecular flexibility index (Phi) is 3.79. The van der Waals surface area contributed by atoms with E-state index in [1.807, 2.05) is 6.92 Å². The molecule has 2 unspecified atom stereocenters. The van der Waals surface area contributed by atoms with Crippen LogP contribution in [0.5, 0.6) is 0 Å². The van der Waals surface area contributed by atoms with Crippen LogP contribution in [0.4, 0.5) is 0 Å². The highest BCUT2D eigenvalue weighted by Crippen LogP contribution is 2.38. The average molecular weight is 273 g/mol. The molecule has 1 fully saturated rings. The largest absolute Gasteiger partial charge is 0.481 e. The van der Waals surface area contributed by atoms with Gasteiger partial charge >= 0.3 is 5.97 Å². The number of carboxylic acids is 1. The first-order valence-electron chi connectivity index (χ1n) is 7.71. The Labute approximate surface area is 120 Å². The van der Waals surface area contributed by atoms with Gasteiger partial charge in [-0.05, 0) is 36.3 Å². The first-order chi connectivity index (χ1) is 9.66. The fraction of sp³-hybridized carbons (Fsp3) is 0.588. The molecule has 20 heavy (non-hydrogen) atoms. The summed E-state index contributed by atoms with van der Waals surface area (Å²) in [4.78, 5) is 13.5. The molecule has 3 heteroatoms. The Morgan fingerprint density at radius 2 is 2.05 bits per heavy atom. The van der Waals surface area contributed by atoms with E-state index in [2.05, 4.69) is 29.2 Å². The molecule has 1 saturated heterocycles. The highest BCUT2D eigenvalue weighted by Gasteiger charge is 2.39. The van der Waals surface area contributed by atoms with E-state index in [1.165, 1.54) is 36.8 Å². The fourth-order valence-corrected chi connectivity index (χ4v) is 3.60. The van der Waals surface area contributed by atoms with Crippen LogP contribution < -0.4 is 0 Å². The van der Waals surface area contributed by atoms with Gasteiger partial charge in [-0.25, -0.2) is 0 Å². The molecule has 0 bridgehead atoms. The SMILES string of the molecule is CC(C(=O)O)C1CN(C2CCCCc3ccccc32)C1. The lowest BCUT2D eigenvalue weighted by Crippen LogP contribution is -2.52. The quantitative estimate of drug-likeness (QED) is 0.860. The van der Waals surface area contributed by atoms with Crippen LogP contribution in [0.1, 0.15) is 43.4 Å². The van der Waals surface area contributed by atoms with Crippen molar-refractivity contribution < 1.29 is 9.90 Å². The van der Waals surface area contributed by atoms with Gasteiger partial charge in [-0.2, -0.15) is 0 Å². The zero-order chi connectivity index (χ0) is 14.1. The molecule has 2 atom stereocenters. The van der Waals surface area contributed by atoms with Crippen molar-refractivity contribution in [3.05, 3.63) is 35.4 Å². The van der Waals surface area contributed by atoms with E-state index in [0.717, 1.165) is 13.1 Å². The molecular weight excluding hydrogens is 250 g/mol. The molecule has 0 amide bonds. The lowest BCUT2D eigenvalue weighted by atomic mass is 9.84. The maximum Gasteiger partial charge on any atom is 0.306 e. The second-order valence-corrected chi connectivity index (χ2v) is 6.30. The number of hydrogen-bond donors (Lipinski definition) is 1. The van der Waals surface area contributed by atoms with Crippen molar-refractivity contribution >= 4 is 5.97 Å². The highest BCUT2D eigenvalue weighted by atomic mass is 16.4. The van der Waals surface area contributed by atoms with Crippen molar-refractivity contribution in [1.29, 1.82) is 0 Å².